The van der Waals surface area contributed by atoms with Crippen molar-refractivity contribution in [3.63, 3.8) is 0 Å². The molecular weight excluding hydrogens is 280 g/mol. The van der Waals surface area contributed by atoms with Gasteiger partial charge in [-0.1, -0.05) is 22.9 Å². The second-order valence-electron chi connectivity index (χ2n) is 3.77. The quantitative estimate of drug-likeness (QED) is 0.661. The molecule has 0 bridgehead atoms. The molecular formula is C10H13ClN2O4S. The number of anilines is 1. The molecule has 2 rings (SSSR count). The minimum atomic E-state index is -0.505. The van der Waals surface area contributed by atoms with Crippen LogP contribution in [-0.4, -0.2) is 37.9 Å². The van der Waals surface area contributed by atoms with E-state index in [0.29, 0.717) is 24.3 Å². The fourth-order valence-electron chi connectivity index (χ4n) is 1.50. The van der Waals surface area contributed by atoms with Gasteiger partial charge in [0.05, 0.1) is 20.3 Å². The van der Waals surface area contributed by atoms with Gasteiger partial charge in [0.1, 0.15) is 0 Å². The van der Waals surface area contributed by atoms with Gasteiger partial charge >= 0.3 is 5.97 Å². The Hall–Kier alpha value is -0.890. The first-order valence-electron chi connectivity index (χ1n) is 5.41. The van der Waals surface area contributed by atoms with Crippen molar-refractivity contribution in [2.45, 2.75) is 6.42 Å². The number of esters is 1. The van der Waals surface area contributed by atoms with Crippen LogP contribution < -0.4 is 5.48 Å². The van der Waals surface area contributed by atoms with Gasteiger partial charge in [-0.05, 0) is 6.42 Å². The number of aromatic nitrogens is 1. The topological polar surface area (TPSA) is 69.7 Å². The van der Waals surface area contributed by atoms with E-state index in [1.54, 1.807) is 0 Å². The highest BCUT2D eigenvalue weighted by atomic mass is 35.5. The minimum Gasteiger partial charge on any atom is -0.465 e. The molecule has 1 fully saturated rings. The number of methoxy groups -OCH3 is 1. The Labute approximate surface area is 113 Å². The molecule has 18 heavy (non-hydrogen) atoms. The Balaban J connectivity index is 1.83. The van der Waals surface area contributed by atoms with E-state index < -0.39 is 5.97 Å². The van der Waals surface area contributed by atoms with Gasteiger partial charge in [0.25, 0.3) is 0 Å². The van der Waals surface area contributed by atoms with Crippen LogP contribution in [0, 0.1) is 5.92 Å². The van der Waals surface area contributed by atoms with Crippen LogP contribution in [0.5, 0.6) is 0 Å². The molecule has 1 aliphatic heterocycles. The van der Waals surface area contributed by atoms with Crippen molar-refractivity contribution in [3.05, 3.63) is 10.0 Å². The first kappa shape index (κ1) is 13.5. The lowest BCUT2D eigenvalue weighted by atomic mass is 10.1. The monoisotopic (exact) mass is 292 g/mol. The van der Waals surface area contributed by atoms with Gasteiger partial charge in [-0.2, -0.15) is 0 Å². The molecule has 1 aromatic rings. The Morgan fingerprint density at radius 3 is 3.22 bits per heavy atom. The van der Waals surface area contributed by atoms with Gasteiger partial charge in [0.15, 0.2) is 10.0 Å². The van der Waals surface area contributed by atoms with E-state index in [0.717, 1.165) is 24.4 Å². The number of nitrogens with zero attached hydrogens (tertiary/aromatic N) is 1. The molecule has 0 radical (unpaired) electrons. The first-order valence-corrected chi connectivity index (χ1v) is 6.60. The fourth-order valence-corrected chi connectivity index (χ4v) is 2.55. The fraction of sp³-hybridized carbons (Fsp3) is 0.600. The number of hydrogen-bond donors (Lipinski definition) is 1. The summed E-state index contributed by atoms with van der Waals surface area (Å²) in [5.74, 6) is -0.109. The van der Waals surface area contributed by atoms with Crippen LogP contribution in [0.1, 0.15) is 16.1 Å². The number of halogens is 1. The third-order valence-corrected chi connectivity index (χ3v) is 3.78. The maximum absolute atomic E-state index is 11.3. The lowest BCUT2D eigenvalue weighted by molar-refractivity contribution is 0.0606. The second kappa shape index (κ2) is 6.33. The van der Waals surface area contributed by atoms with Crippen LogP contribution in [0.4, 0.5) is 5.13 Å². The Morgan fingerprint density at radius 2 is 2.56 bits per heavy atom. The van der Waals surface area contributed by atoms with Crippen molar-refractivity contribution in [1.82, 2.24) is 4.98 Å². The Bertz CT molecular complexity index is 420. The largest absolute Gasteiger partial charge is 0.465 e. The summed E-state index contributed by atoms with van der Waals surface area (Å²) in [4.78, 5) is 20.8. The summed E-state index contributed by atoms with van der Waals surface area (Å²) in [6, 6.07) is 0. The van der Waals surface area contributed by atoms with Crippen molar-refractivity contribution in [1.29, 1.82) is 0 Å². The van der Waals surface area contributed by atoms with Crippen molar-refractivity contribution in [3.8, 4) is 0 Å². The summed E-state index contributed by atoms with van der Waals surface area (Å²) < 4.78 is 9.80. The lowest BCUT2D eigenvalue weighted by Crippen LogP contribution is -2.12. The van der Waals surface area contributed by atoms with Crippen molar-refractivity contribution in [2.75, 3.05) is 32.4 Å². The summed E-state index contributed by atoms with van der Waals surface area (Å²) in [7, 11) is 1.29. The van der Waals surface area contributed by atoms with E-state index >= 15 is 0 Å². The van der Waals surface area contributed by atoms with Crippen LogP contribution in [0.2, 0.25) is 5.15 Å². The summed E-state index contributed by atoms with van der Waals surface area (Å²) in [5.41, 5.74) is 2.67. The number of thiazole rings is 1. The third-order valence-electron chi connectivity index (χ3n) is 2.46. The average Bonchev–Trinajstić information content (AvgIpc) is 2.98. The normalized spacial score (nSPS) is 18.9. The number of carbonyl (C=O) groups excluding carboxylic acids is 1. The highest BCUT2D eigenvalue weighted by Gasteiger charge is 2.19. The zero-order chi connectivity index (χ0) is 13.0. The van der Waals surface area contributed by atoms with Gasteiger partial charge < -0.3 is 9.47 Å². The maximum Gasteiger partial charge on any atom is 0.351 e. The second-order valence-corrected chi connectivity index (χ2v) is 5.13. The lowest BCUT2D eigenvalue weighted by Gasteiger charge is -2.07. The van der Waals surface area contributed by atoms with Gasteiger partial charge in [0.2, 0.25) is 5.13 Å². The summed E-state index contributed by atoms with van der Waals surface area (Å²) in [6.07, 6.45) is 0.994. The predicted octanol–water partition coefficient (Wildman–Crippen LogP) is 1.96. The Morgan fingerprint density at radius 1 is 1.72 bits per heavy atom. The van der Waals surface area contributed by atoms with Crippen LogP contribution in [-0.2, 0) is 14.3 Å². The smallest absolute Gasteiger partial charge is 0.351 e. The maximum atomic E-state index is 11.3. The van der Waals surface area contributed by atoms with E-state index in [4.69, 9.17) is 21.2 Å². The average molecular weight is 293 g/mol. The van der Waals surface area contributed by atoms with E-state index in [2.05, 4.69) is 15.2 Å². The van der Waals surface area contributed by atoms with Crippen LogP contribution >= 0.6 is 22.9 Å². The molecule has 0 spiro atoms. The molecule has 1 aliphatic rings. The molecule has 0 saturated carbocycles. The number of rotatable bonds is 5. The highest BCUT2D eigenvalue weighted by Crippen LogP contribution is 2.27. The molecule has 1 saturated heterocycles. The van der Waals surface area contributed by atoms with Gasteiger partial charge in [-0.15, -0.1) is 0 Å². The van der Waals surface area contributed by atoms with Crippen molar-refractivity contribution in [2.24, 2.45) is 5.92 Å². The zero-order valence-corrected chi connectivity index (χ0v) is 11.3. The van der Waals surface area contributed by atoms with Crippen LogP contribution in [0.15, 0.2) is 0 Å². The Kier molecular flexibility index (Phi) is 4.76. The molecule has 0 amide bonds. The molecule has 1 atom stereocenters. The van der Waals surface area contributed by atoms with E-state index in [9.17, 15) is 4.79 Å². The van der Waals surface area contributed by atoms with Crippen LogP contribution in [0.3, 0.4) is 0 Å². The van der Waals surface area contributed by atoms with Gasteiger partial charge in [0, 0.05) is 12.5 Å². The molecule has 0 aliphatic carbocycles. The van der Waals surface area contributed by atoms with Crippen molar-refractivity contribution >= 4 is 34.0 Å². The third kappa shape index (κ3) is 3.32. The molecule has 6 nitrogen and oxygen atoms in total. The molecule has 8 heteroatoms. The number of carbonyl (C=O) groups is 1. The predicted molar refractivity (Wildman–Crippen MR) is 67.0 cm³/mol. The van der Waals surface area contributed by atoms with Gasteiger partial charge in [-0.3, -0.25) is 4.84 Å². The summed E-state index contributed by atoms with van der Waals surface area (Å²) in [5, 5.41) is 0.543. The zero-order valence-electron chi connectivity index (χ0n) is 9.77. The summed E-state index contributed by atoms with van der Waals surface area (Å²) in [6.45, 7) is 2.03. The van der Waals surface area contributed by atoms with Gasteiger partial charge in [-0.25, -0.2) is 15.3 Å². The first-order chi connectivity index (χ1) is 8.70. The van der Waals surface area contributed by atoms with E-state index in [1.165, 1.54) is 7.11 Å². The van der Waals surface area contributed by atoms with E-state index in [1.807, 2.05) is 0 Å². The van der Waals surface area contributed by atoms with E-state index in [-0.39, 0.29) is 10.0 Å². The summed E-state index contributed by atoms with van der Waals surface area (Å²) >= 11 is 6.90. The number of ether oxygens (including phenoxy) is 2. The standard InChI is InChI=1S/C10H13ClN2O4S/c1-15-9(14)7-8(11)12-10(18-7)13-17-5-6-2-3-16-4-6/h6H,2-5H2,1H3,(H,12,13). The number of hydrogen-bond acceptors (Lipinski definition) is 7. The number of nitrogens with one attached hydrogen (secondary N) is 1. The molecule has 1 N–H and O–H groups in total. The molecule has 2 heterocycles. The molecule has 100 valence electrons. The highest BCUT2D eigenvalue weighted by molar-refractivity contribution is 7.17. The molecule has 1 unspecified atom stereocenters. The van der Waals surface area contributed by atoms with Crippen LogP contribution in [0.25, 0.3) is 0 Å². The SMILES string of the molecule is COC(=O)c1sc(NOCC2CCOC2)nc1Cl. The molecule has 1 aromatic heterocycles. The van der Waals surface area contributed by atoms with Crippen molar-refractivity contribution < 1.29 is 19.1 Å². The minimum absolute atomic E-state index is 0.113. The molecule has 0 aromatic carbocycles.